The molecule has 2 unspecified atom stereocenters. The highest BCUT2D eigenvalue weighted by Crippen LogP contribution is 2.34. The maximum atomic E-state index is 13.7. The number of hydrogen-bond acceptors (Lipinski definition) is 4. The van der Waals surface area contributed by atoms with Crippen molar-refractivity contribution in [3.63, 3.8) is 0 Å². The Hall–Kier alpha value is -2.51. The largest absolute Gasteiger partial charge is 0.484 e. The van der Waals surface area contributed by atoms with Crippen molar-refractivity contribution in [1.29, 1.82) is 0 Å². The van der Waals surface area contributed by atoms with Crippen LogP contribution >= 0.6 is 0 Å². The van der Waals surface area contributed by atoms with Crippen molar-refractivity contribution >= 4 is 5.91 Å². The third-order valence-corrected chi connectivity index (χ3v) is 6.01. The lowest BCUT2D eigenvalue weighted by Crippen LogP contribution is -2.33. The van der Waals surface area contributed by atoms with Crippen LogP contribution in [0.25, 0.3) is 0 Å². The first kappa shape index (κ1) is 19.8. The molecule has 156 valence electrons. The molecule has 2 aliphatic rings. The van der Waals surface area contributed by atoms with E-state index >= 15 is 0 Å². The van der Waals surface area contributed by atoms with Crippen LogP contribution in [0.4, 0.5) is 8.78 Å². The van der Waals surface area contributed by atoms with Gasteiger partial charge in [-0.15, -0.1) is 0 Å². The lowest BCUT2D eigenvalue weighted by atomic mass is 9.89. The van der Waals surface area contributed by atoms with Gasteiger partial charge in [0, 0.05) is 30.8 Å². The molecule has 0 spiro atoms. The first-order valence-corrected chi connectivity index (χ1v) is 10.3. The minimum Gasteiger partial charge on any atom is -0.484 e. The van der Waals surface area contributed by atoms with Gasteiger partial charge >= 0.3 is 0 Å². The van der Waals surface area contributed by atoms with Crippen LogP contribution in [-0.4, -0.2) is 52.4 Å². The molecule has 1 saturated carbocycles. The monoisotopic (exact) mass is 404 g/mol. The van der Waals surface area contributed by atoms with E-state index in [2.05, 4.69) is 15.2 Å². The summed E-state index contributed by atoms with van der Waals surface area (Å²) in [6.07, 6.45) is 5.85. The molecule has 2 fully saturated rings. The zero-order chi connectivity index (χ0) is 20.2. The molecule has 1 aliphatic carbocycles. The molecule has 4 rings (SSSR count). The number of aromatic nitrogens is 3. The normalized spacial score (nSPS) is 22.8. The number of carbonyl (C=O) groups excluding carboxylic acids is 1. The number of ether oxygens (including phenoxy) is 1. The van der Waals surface area contributed by atoms with E-state index in [1.165, 1.54) is 43.5 Å². The molecule has 6 nitrogen and oxygen atoms in total. The molecule has 1 N–H and O–H groups in total. The molecule has 29 heavy (non-hydrogen) atoms. The van der Waals surface area contributed by atoms with Gasteiger partial charge < -0.3 is 9.64 Å². The van der Waals surface area contributed by atoms with Crippen LogP contribution < -0.4 is 4.74 Å². The van der Waals surface area contributed by atoms with Crippen molar-refractivity contribution in [2.45, 2.75) is 43.9 Å². The Morgan fingerprint density at radius 3 is 2.66 bits per heavy atom. The first-order valence-electron chi connectivity index (χ1n) is 10.3. The SMILES string of the molecule is O=C(COc1ccc(F)cc1)N1CC(CF)C(c2nc(C3CCCCC3)n[nH]2)C1. The smallest absolute Gasteiger partial charge is 0.260 e. The zero-order valence-electron chi connectivity index (χ0n) is 16.3. The standard InChI is InChI=1S/C21H26F2N4O2/c22-10-15-11-27(19(28)13-29-17-8-6-16(23)7-9-17)12-18(15)21-24-20(25-26-21)14-4-2-1-3-5-14/h6-9,14-15,18H,1-5,10-13H2,(H,24,25,26). The van der Waals surface area contributed by atoms with Crippen LogP contribution in [0.3, 0.4) is 0 Å². The fourth-order valence-electron chi connectivity index (χ4n) is 4.31. The van der Waals surface area contributed by atoms with Crippen molar-refractivity contribution in [3.8, 4) is 5.75 Å². The van der Waals surface area contributed by atoms with Gasteiger partial charge in [-0.25, -0.2) is 9.37 Å². The van der Waals surface area contributed by atoms with E-state index in [0.29, 0.717) is 30.6 Å². The maximum absolute atomic E-state index is 13.7. The van der Waals surface area contributed by atoms with Gasteiger partial charge in [0.1, 0.15) is 17.4 Å². The Kier molecular flexibility index (Phi) is 6.06. The van der Waals surface area contributed by atoms with Gasteiger partial charge in [-0.05, 0) is 37.1 Å². The number of aromatic amines is 1. The fourth-order valence-corrected chi connectivity index (χ4v) is 4.31. The highest BCUT2D eigenvalue weighted by molar-refractivity contribution is 5.78. The van der Waals surface area contributed by atoms with Crippen molar-refractivity contribution in [2.75, 3.05) is 26.4 Å². The molecule has 1 aliphatic heterocycles. The molecule has 1 saturated heterocycles. The van der Waals surface area contributed by atoms with E-state index in [9.17, 15) is 13.6 Å². The molecule has 1 aromatic carbocycles. The predicted octanol–water partition coefficient (Wildman–Crippen LogP) is 3.58. The molecule has 1 amide bonds. The van der Waals surface area contributed by atoms with Crippen LogP contribution in [0.1, 0.15) is 55.6 Å². The highest BCUT2D eigenvalue weighted by atomic mass is 19.1. The lowest BCUT2D eigenvalue weighted by Gasteiger charge is -2.18. The number of halogens is 2. The number of rotatable bonds is 6. The Balaban J connectivity index is 1.37. The van der Waals surface area contributed by atoms with Gasteiger partial charge in [-0.2, -0.15) is 5.10 Å². The number of alkyl halides is 1. The lowest BCUT2D eigenvalue weighted by molar-refractivity contribution is -0.132. The Morgan fingerprint density at radius 2 is 1.93 bits per heavy atom. The minimum absolute atomic E-state index is 0.166. The fraction of sp³-hybridized carbons (Fsp3) is 0.571. The van der Waals surface area contributed by atoms with Crippen molar-refractivity contribution in [2.24, 2.45) is 5.92 Å². The molecular formula is C21H26F2N4O2. The van der Waals surface area contributed by atoms with Crippen molar-refractivity contribution < 1.29 is 18.3 Å². The summed E-state index contributed by atoms with van der Waals surface area (Å²) in [5.41, 5.74) is 0. The third kappa shape index (κ3) is 4.57. The molecule has 2 heterocycles. The molecule has 2 atom stereocenters. The van der Waals surface area contributed by atoms with Crippen LogP contribution in [0.5, 0.6) is 5.75 Å². The van der Waals surface area contributed by atoms with Gasteiger partial charge in [0.15, 0.2) is 12.4 Å². The van der Waals surface area contributed by atoms with Gasteiger partial charge in [0.25, 0.3) is 5.91 Å². The number of H-pyrrole nitrogens is 1. The molecule has 0 radical (unpaired) electrons. The van der Waals surface area contributed by atoms with Crippen LogP contribution in [-0.2, 0) is 4.79 Å². The average Bonchev–Trinajstić information content (AvgIpc) is 3.41. The molecule has 0 bridgehead atoms. The third-order valence-electron chi connectivity index (χ3n) is 6.01. The van der Waals surface area contributed by atoms with Crippen molar-refractivity contribution in [1.82, 2.24) is 20.1 Å². The van der Waals surface area contributed by atoms with Gasteiger partial charge in [0.2, 0.25) is 0 Å². The summed E-state index contributed by atoms with van der Waals surface area (Å²) >= 11 is 0. The van der Waals surface area contributed by atoms with E-state index in [1.54, 1.807) is 4.90 Å². The summed E-state index contributed by atoms with van der Waals surface area (Å²) in [6, 6.07) is 5.50. The van der Waals surface area contributed by atoms with Crippen LogP contribution in [0.15, 0.2) is 24.3 Å². The quantitative estimate of drug-likeness (QED) is 0.799. The number of carbonyl (C=O) groups is 1. The second kappa shape index (κ2) is 8.88. The second-order valence-electron chi connectivity index (χ2n) is 7.98. The summed E-state index contributed by atoms with van der Waals surface area (Å²) in [5, 5.41) is 7.39. The van der Waals surface area contributed by atoms with E-state index in [-0.39, 0.29) is 30.2 Å². The average molecular weight is 404 g/mol. The summed E-state index contributed by atoms with van der Waals surface area (Å²) < 4.78 is 32.1. The van der Waals surface area contributed by atoms with E-state index in [4.69, 9.17) is 4.74 Å². The molecular weight excluding hydrogens is 378 g/mol. The van der Waals surface area contributed by atoms with Gasteiger partial charge in [-0.3, -0.25) is 14.3 Å². The van der Waals surface area contributed by atoms with Gasteiger partial charge in [0.05, 0.1) is 6.67 Å². The maximum Gasteiger partial charge on any atom is 0.260 e. The molecule has 8 heteroatoms. The second-order valence-corrected chi connectivity index (χ2v) is 7.98. The zero-order valence-corrected chi connectivity index (χ0v) is 16.3. The Bertz CT molecular complexity index is 820. The minimum atomic E-state index is -0.521. The molecule has 2 aromatic rings. The van der Waals surface area contributed by atoms with Crippen molar-refractivity contribution in [3.05, 3.63) is 41.7 Å². The molecule has 1 aromatic heterocycles. The van der Waals surface area contributed by atoms with Crippen LogP contribution in [0, 0.1) is 11.7 Å². The Labute approximate surface area is 168 Å². The number of likely N-dealkylation sites (tertiary alicyclic amines) is 1. The summed E-state index contributed by atoms with van der Waals surface area (Å²) in [5.74, 6) is 1.20. The number of hydrogen-bond donors (Lipinski definition) is 1. The first-order chi connectivity index (χ1) is 14.1. The number of benzene rings is 1. The van der Waals surface area contributed by atoms with E-state index in [0.717, 1.165) is 18.7 Å². The number of amides is 1. The van der Waals surface area contributed by atoms with E-state index < -0.39 is 6.67 Å². The Morgan fingerprint density at radius 1 is 1.17 bits per heavy atom. The highest BCUT2D eigenvalue weighted by Gasteiger charge is 2.38. The summed E-state index contributed by atoms with van der Waals surface area (Å²) in [7, 11) is 0. The number of nitrogens with zero attached hydrogens (tertiary/aromatic N) is 3. The van der Waals surface area contributed by atoms with Gasteiger partial charge in [-0.1, -0.05) is 19.3 Å². The summed E-state index contributed by atoms with van der Waals surface area (Å²) in [6.45, 7) is 0.0273. The predicted molar refractivity (Wildman–Crippen MR) is 103 cm³/mol. The topological polar surface area (TPSA) is 71.1 Å². The van der Waals surface area contributed by atoms with E-state index in [1.807, 2.05) is 0 Å². The summed E-state index contributed by atoms with van der Waals surface area (Å²) in [4.78, 5) is 18.8. The number of nitrogens with one attached hydrogen (secondary N) is 1. The van der Waals surface area contributed by atoms with Crippen LogP contribution in [0.2, 0.25) is 0 Å².